The fourth-order valence-corrected chi connectivity index (χ4v) is 7.75. The van der Waals surface area contributed by atoms with E-state index in [4.69, 9.17) is 0 Å². The smallest absolute Gasteiger partial charge is 0.139 e. The summed E-state index contributed by atoms with van der Waals surface area (Å²) in [5.74, 6) is 2.77. The molecule has 3 nitrogen and oxygen atoms in total. The van der Waals surface area contributed by atoms with Crippen molar-refractivity contribution in [3.63, 3.8) is 0 Å². The van der Waals surface area contributed by atoms with Crippen LogP contribution < -0.4 is 0 Å². The number of fused-ring (bicyclic) bond motifs is 5. The average Bonchev–Trinajstić information content (AvgIpc) is 2.88. The van der Waals surface area contributed by atoms with E-state index in [1.807, 2.05) is 6.92 Å². The Morgan fingerprint density at radius 3 is 2.54 bits per heavy atom. The number of hydrogen-bond donors (Lipinski definition) is 2. The molecular weight excluding hydrogens is 300 g/mol. The Hall–Kier alpha value is -0.410. The van der Waals surface area contributed by atoms with E-state index in [1.54, 1.807) is 0 Å². The standard InChI is InChI=1S/C21H34O3/c1-12(22)16-6-7-17-15-5-4-13-10-14(23)8-9-20(13,2)18(15)11-19(24)21(16,17)3/h12-18,22-23H,4-11H2,1-3H3/t12-,13+,14+,15-,16+,17+,18-,20+,21-/m1/s1. The van der Waals surface area contributed by atoms with Crippen LogP contribution in [0.4, 0.5) is 0 Å². The first-order valence-corrected chi connectivity index (χ1v) is 10.2. The molecule has 4 aliphatic carbocycles. The number of hydrogen-bond acceptors (Lipinski definition) is 3. The van der Waals surface area contributed by atoms with Crippen molar-refractivity contribution >= 4 is 5.78 Å². The molecule has 0 amide bonds. The van der Waals surface area contributed by atoms with Crippen molar-refractivity contribution in [1.82, 2.24) is 0 Å². The van der Waals surface area contributed by atoms with Gasteiger partial charge in [-0.25, -0.2) is 0 Å². The molecule has 0 radical (unpaired) electrons. The van der Waals surface area contributed by atoms with Crippen molar-refractivity contribution < 1.29 is 15.0 Å². The van der Waals surface area contributed by atoms with E-state index in [2.05, 4.69) is 13.8 Å². The van der Waals surface area contributed by atoms with Crippen molar-refractivity contribution in [1.29, 1.82) is 0 Å². The molecule has 0 aromatic carbocycles. The maximum atomic E-state index is 13.3. The topological polar surface area (TPSA) is 57.5 Å². The largest absolute Gasteiger partial charge is 0.393 e. The van der Waals surface area contributed by atoms with Crippen LogP contribution in [0.15, 0.2) is 0 Å². The van der Waals surface area contributed by atoms with Crippen LogP contribution in [0.25, 0.3) is 0 Å². The minimum absolute atomic E-state index is 0.129. The second kappa shape index (κ2) is 5.54. The molecule has 2 N–H and O–H groups in total. The number of rotatable bonds is 1. The molecule has 4 fully saturated rings. The van der Waals surface area contributed by atoms with Crippen LogP contribution in [0.5, 0.6) is 0 Å². The summed E-state index contributed by atoms with van der Waals surface area (Å²) < 4.78 is 0. The van der Waals surface area contributed by atoms with E-state index in [9.17, 15) is 15.0 Å². The highest BCUT2D eigenvalue weighted by molar-refractivity contribution is 5.87. The zero-order chi connectivity index (χ0) is 17.3. The van der Waals surface area contributed by atoms with E-state index in [0.717, 1.165) is 32.1 Å². The lowest BCUT2D eigenvalue weighted by Gasteiger charge is -2.60. The Bertz CT molecular complexity index is 529. The second-order valence-corrected chi connectivity index (χ2v) is 9.92. The monoisotopic (exact) mass is 334 g/mol. The minimum atomic E-state index is -0.378. The van der Waals surface area contributed by atoms with Crippen LogP contribution in [0.2, 0.25) is 0 Å². The van der Waals surface area contributed by atoms with E-state index in [1.165, 1.54) is 12.8 Å². The molecule has 9 atom stereocenters. The highest BCUT2D eigenvalue weighted by Gasteiger charge is 2.63. The molecule has 4 aliphatic rings. The molecule has 0 saturated heterocycles. The Kier molecular flexibility index (Phi) is 3.93. The average molecular weight is 335 g/mol. The second-order valence-electron chi connectivity index (χ2n) is 9.92. The molecule has 0 bridgehead atoms. The third kappa shape index (κ3) is 2.13. The molecule has 4 saturated carbocycles. The molecule has 136 valence electrons. The number of carbonyl (C=O) groups is 1. The van der Waals surface area contributed by atoms with Crippen molar-refractivity contribution in [3.05, 3.63) is 0 Å². The van der Waals surface area contributed by atoms with Gasteiger partial charge < -0.3 is 10.2 Å². The van der Waals surface area contributed by atoms with Gasteiger partial charge in [-0.05, 0) is 86.9 Å². The van der Waals surface area contributed by atoms with Gasteiger partial charge in [0.2, 0.25) is 0 Å². The Morgan fingerprint density at radius 1 is 1.08 bits per heavy atom. The van der Waals surface area contributed by atoms with Gasteiger partial charge in [-0.3, -0.25) is 4.79 Å². The highest BCUT2D eigenvalue weighted by atomic mass is 16.3. The van der Waals surface area contributed by atoms with Gasteiger partial charge in [0.15, 0.2) is 0 Å². The molecule has 0 heterocycles. The first-order chi connectivity index (χ1) is 11.3. The lowest BCUT2D eigenvalue weighted by atomic mass is 9.44. The predicted octanol–water partition coefficient (Wildman–Crippen LogP) is 3.57. The molecule has 0 aromatic rings. The van der Waals surface area contributed by atoms with Crippen LogP contribution in [-0.2, 0) is 4.79 Å². The molecule has 0 aromatic heterocycles. The van der Waals surface area contributed by atoms with Gasteiger partial charge in [-0.2, -0.15) is 0 Å². The fraction of sp³-hybridized carbons (Fsp3) is 0.952. The SMILES string of the molecule is C[C@@H](O)[C@@H]1CC[C@H]2[C@H]3CC[C@H]4C[C@@H](O)CC[C@]4(C)[C@@H]3CC(=O)[C@@]21C. The van der Waals surface area contributed by atoms with Crippen LogP contribution in [0.3, 0.4) is 0 Å². The summed E-state index contributed by atoms with van der Waals surface area (Å²) in [5.41, 5.74) is -0.0607. The maximum absolute atomic E-state index is 13.3. The Morgan fingerprint density at radius 2 is 1.83 bits per heavy atom. The summed E-state index contributed by atoms with van der Waals surface area (Å²) in [5, 5.41) is 20.4. The molecule has 3 heteroatoms. The summed E-state index contributed by atoms with van der Waals surface area (Å²) >= 11 is 0. The van der Waals surface area contributed by atoms with Gasteiger partial charge in [-0.1, -0.05) is 13.8 Å². The molecule has 0 aliphatic heterocycles. The quantitative estimate of drug-likeness (QED) is 0.771. The minimum Gasteiger partial charge on any atom is -0.393 e. The first kappa shape index (κ1) is 17.0. The predicted molar refractivity (Wildman–Crippen MR) is 93.3 cm³/mol. The third-order valence-electron chi connectivity index (χ3n) is 9.15. The maximum Gasteiger partial charge on any atom is 0.139 e. The lowest BCUT2D eigenvalue weighted by Crippen LogP contribution is -2.57. The number of aliphatic hydroxyl groups is 2. The Balaban J connectivity index is 1.67. The van der Waals surface area contributed by atoms with Crippen molar-refractivity contribution in [3.8, 4) is 0 Å². The van der Waals surface area contributed by atoms with Gasteiger partial charge in [0, 0.05) is 11.8 Å². The molecule has 4 rings (SSSR count). The number of carbonyl (C=O) groups excluding carboxylic acids is 1. The third-order valence-corrected chi connectivity index (χ3v) is 9.15. The summed E-state index contributed by atoms with van der Waals surface area (Å²) in [6, 6.07) is 0. The van der Waals surface area contributed by atoms with Gasteiger partial charge >= 0.3 is 0 Å². The summed E-state index contributed by atoms with van der Waals surface area (Å²) in [6.45, 7) is 6.45. The summed E-state index contributed by atoms with van der Waals surface area (Å²) in [4.78, 5) is 13.3. The van der Waals surface area contributed by atoms with Gasteiger partial charge in [-0.15, -0.1) is 0 Å². The number of ketones is 1. The van der Waals surface area contributed by atoms with Crippen LogP contribution >= 0.6 is 0 Å². The van der Waals surface area contributed by atoms with Crippen LogP contribution in [0.1, 0.15) is 72.1 Å². The zero-order valence-corrected chi connectivity index (χ0v) is 15.5. The lowest BCUT2D eigenvalue weighted by molar-refractivity contribution is -0.162. The van der Waals surface area contributed by atoms with Crippen LogP contribution in [-0.4, -0.2) is 28.2 Å². The normalized spacial score (nSPS) is 55.5. The van der Waals surface area contributed by atoms with Crippen molar-refractivity contribution in [2.45, 2.75) is 84.3 Å². The molecule has 0 unspecified atom stereocenters. The molecule has 24 heavy (non-hydrogen) atoms. The Labute approximate surface area is 146 Å². The van der Waals surface area contributed by atoms with E-state index in [-0.39, 0.29) is 29.0 Å². The van der Waals surface area contributed by atoms with Crippen molar-refractivity contribution in [2.75, 3.05) is 0 Å². The first-order valence-electron chi connectivity index (χ1n) is 10.2. The number of Topliss-reactive ketones (excluding diaryl/α,β-unsaturated/α-hetero) is 1. The molecule has 0 spiro atoms. The van der Waals surface area contributed by atoms with Gasteiger partial charge in [0.05, 0.1) is 12.2 Å². The van der Waals surface area contributed by atoms with E-state index in [0.29, 0.717) is 35.9 Å². The zero-order valence-electron chi connectivity index (χ0n) is 15.5. The molecular formula is C21H34O3. The summed E-state index contributed by atoms with van der Waals surface area (Å²) in [7, 11) is 0. The fourth-order valence-electron chi connectivity index (χ4n) is 7.75. The van der Waals surface area contributed by atoms with Crippen LogP contribution in [0, 0.1) is 40.4 Å². The van der Waals surface area contributed by atoms with Gasteiger partial charge in [0.25, 0.3) is 0 Å². The van der Waals surface area contributed by atoms with Crippen molar-refractivity contribution in [2.24, 2.45) is 40.4 Å². The highest BCUT2D eigenvalue weighted by Crippen LogP contribution is 2.66. The summed E-state index contributed by atoms with van der Waals surface area (Å²) in [6.07, 6.45) is 7.68. The van der Waals surface area contributed by atoms with Gasteiger partial charge in [0.1, 0.15) is 5.78 Å². The van der Waals surface area contributed by atoms with E-state index >= 15 is 0 Å². The van der Waals surface area contributed by atoms with E-state index < -0.39 is 0 Å². The number of aliphatic hydroxyl groups excluding tert-OH is 2.